The lowest BCUT2D eigenvalue weighted by molar-refractivity contribution is -0.384. The number of rotatable bonds is 4. The lowest BCUT2D eigenvalue weighted by Crippen LogP contribution is -2.06. The van der Waals surface area contributed by atoms with Gasteiger partial charge in [0.15, 0.2) is 0 Å². The van der Waals surface area contributed by atoms with Gasteiger partial charge in [0.25, 0.3) is 5.69 Å². The van der Waals surface area contributed by atoms with Crippen molar-refractivity contribution in [2.75, 3.05) is 6.61 Å². The second-order valence-corrected chi connectivity index (χ2v) is 3.76. The summed E-state index contributed by atoms with van der Waals surface area (Å²) in [7, 11) is 0. The Kier molecular flexibility index (Phi) is 5.03. The molecule has 0 aliphatic rings. The number of carbonyl (C=O) groups excluding carboxylic acids is 1. The Hall–Kier alpha value is -2.39. The summed E-state index contributed by atoms with van der Waals surface area (Å²) in [5.74, 6) is -0.799. The Morgan fingerprint density at radius 3 is 2.84 bits per heavy atom. The van der Waals surface area contributed by atoms with E-state index in [1.54, 1.807) is 13.0 Å². The van der Waals surface area contributed by atoms with Gasteiger partial charge in [-0.25, -0.2) is 4.79 Å². The first kappa shape index (κ1) is 14.7. The van der Waals surface area contributed by atoms with Gasteiger partial charge in [0.1, 0.15) is 11.6 Å². The molecule has 98 valence electrons. The molecule has 0 atom stereocenters. The zero-order valence-electron chi connectivity index (χ0n) is 9.92. The quantitative estimate of drug-likeness (QED) is 0.278. The molecule has 6 nitrogen and oxygen atoms in total. The van der Waals surface area contributed by atoms with E-state index in [2.05, 4.69) is 4.74 Å². The summed E-state index contributed by atoms with van der Waals surface area (Å²) >= 11 is 5.85. The molecule has 1 aromatic carbocycles. The number of hydrogen-bond acceptors (Lipinski definition) is 5. The van der Waals surface area contributed by atoms with Crippen LogP contribution in [0.4, 0.5) is 5.69 Å². The smallest absolute Gasteiger partial charge is 0.348 e. The van der Waals surface area contributed by atoms with Crippen molar-refractivity contribution in [2.24, 2.45) is 0 Å². The van der Waals surface area contributed by atoms with Crippen LogP contribution in [0.5, 0.6) is 0 Å². The summed E-state index contributed by atoms with van der Waals surface area (Å²) in [6.45, 7) is 1.73. The highest BCUT2D eigenvalue weighted by Crippen LogP contribution is 2.24. The maximum absolute atomic E-state index is 11.4. The van der Waals surface area contributed by atoms with Gasteiger partial charge in [-0.15, -0.1) is 0 Å². The SMILES string of the molecule is CCOC(=O)/C(C#N)=C\c1cc([N+](=O)[O-])ccc1Cl. The Morgan fingerprint density at radius 2 is 2.32 bits per heavy atom. The minimum Gasteiger partial charge on any atom is -0.462 e. The van der Waals surface area contributed by atoms with E-state index in [-0.39, 0.29) is 28.5 Å². The van der Waals surface area contributed by atoms with Gasteiger partial charge in [-0.05, 0) is 19.1 Å². The van der Waals surface area contributed by atoms with Crippen LogP contribution in [0.3, 0.4) is 0 Å². The van der Waals surface area contributed by atoms with Crippen LogP contribution < -0.4 is 0 Å². The van der Waals surface area contributed by atoms with E-state index in [4.69, 9.17) is 16.9 Å². The molecule has 0 saturated heterocycles. The first-order valence-electron chi connectivity index (χ1n) is 5.22. The van der Waals surface area contributed by atoms with Crippen molar-refractivity contribution in [3.8, 4) is 6.07 Å². The molecule has 0 aliphatic heterocycles. The summed E-state index contributed by atoms with van der Waals surface area (Å²) < 4.78 is 4.68. The van der Waals surface area contributed by atoms with Gasteiger partial charge in [-0.1, -0.05) is 11.6 Å². The van der Waals surface area contributed by atoms with Crippen LogP contribution >= 0.6 is 11.6 Å². The number of hydrogen-bond donors (Lipinski definition) is 0. The predicted molar refractivity (Wildman–Crippen MR) is 68.3 cm³/mol. The Bertz CT molecular complexity index is 590. The van der Waals surface area contributed by atoms with Gasteiger partial charge in [0, 0.05) is 22.7 Å². The van der Waals surface area contributed by atoms with Crippen LogP contribution in [0.25, 0.3) is 6.08 Å². The normalized spacial score (nSPS) is 10.7. The molecule has 0 heterocycles. The Labute approximate surface area is 114 Å². The van der Waals surface area contributed by atoms with Crippen LogP contribution in [-0.4, -0.2) is 17.5 Å². The lowest BCUT2D eigenvalue weighted by atomic mass is 10.1. The zero-order chi connectivity index (χ0) is 14.4. The second-order valence-electron chi connectivity index (χ2n) is 3.35. The number of nitriles is 1. The molecule has 0 saturated carbocycles. The number of nitro benzene ring substituents is 1. The number of non-ortho nitro benzene ring substituents is 1. The fourth-order valence-electron chi connectivity index (χ4n) is 1.26. The van der Waals surface area contributed by atoms with Crippen molar-refractivity contribution in [3.63, 3.8) is 0 Å². The first-order chi connectivity index (χ1) is 8.99. The Balaban J connectivity index is 3.22. The van der Waals surface area contributed by atoms with E-state index in [1.165, 1.54) is 18.2 Å². The number of nitro groups is 1. The predicted octanol–water partition coefficient (Wildman–Crippen LogP) is 2.72. The second kappa shape index (κ2) is 6.52. The Morgan fingerprint density at radius 1 is 1.63 bits per heavy atom. The van der Waals surface area contributed by atoms with Crippen LogP contribution in [-0.2, 0) is 9.53 Å². The molecule has 7 heteroatoms. The van der Waals surface area contributed by atoms with Crippen molar-refractivity contribution in [1.29, 1.82) is 5.26 Å². The summed E-state index contributed by atoms with van der Waals surface area (Å²) in [5, 5.41) is 19.7. The molecular weight excluding hydrogens is 272 g/mol. The lowest BCUT2D eigenvalue weighted by Gasteiger charge is -2.01. The van der Waals surface area contributed by atoms with E-state index < -0.39 is 10.9 Å². The van der Waals surface area contributed by atoms with Crippen LogP contribution in [0.1, 0.15) is 12.5 Å². The maximum Gasteiger partial charge on any atom is 0.348 e. The van der Waals surface area contributed by atoms with Gasteiger partial charge in [-0.3, -0.25) is 10.1 Å². The standard InChI is InChI=1S/C12H9ClN2O4/c1-2-19-12(16)9(7-14)5-8-6-10(15(17)18)3-4-11(8)13/h3-6H,2H2,1H3/b9-5-. The van der Waals surface area contributed by atoms with Gasteiger partial charge >= 0.3 is 5.97 Å². The fourth-order valence-corrected chi connectivity index (χ4v) is 1.43. The molecule has 1 rings (SSSR count). The molecule has 0 aliphatic carbocycles. The number of ether oxygens (including phenoxy) is 1. The number of esters is 1. The van der Waals surface area contributed by atoms with E-state index in [1.807, 2.05) is 0 Å². The van der Waals surface area contributed by atoms with Crippen molar-refractivity contribution < 1.29 is 14.5 Å². The first-order valence-corrected chi connectivity index (χ1v) is 5.60. The molecule has 0 radical (unpaired) electrons. The topological polar surface area (TPSA) is 93.2 Å². The van der Waals surface area contributed by atoms with E-state index in [0.717, 1.165) is 6.08 Å². The summed E-state index contributed by atoms with van der Waals surface area (Å²) in [5.41, 5.74) is -0.249. The average Bonchev–Trinajstić information content (AvgIpc) is 2.37. The average molecular weight is 281 g/mol. The van der Waals surface area contributed by atoms with Gasteiger partial charge in [-0.2, -0.15) is 5.26 Å². The number of nitrogens with zero attached hydrogens (tertiary/aromatic N) is 2. The highest BCUT2D eigenvalue weighted by molar-refractivity contribution is 6.32. The fraction of sp³-hybridized carbons (Fsp3) is 0.167. The number of carbonyl (C=O) groups is 1. The van der Waals surface area contributed by atoms with Crippen molar-refractivity contribution in [3.05, 3.63) is 44.5 Å². The molecular formula is C12H9ClN2O4. The third kappa shape index (κ3) is 3.79. The zero-order valence-corrected chi connectivity index (χ0v) is 10.7. The summed E-state index contributed by atoms with van der Waals surface area (Å²) in [6.07, 6.45) is 1.16. The maximum atomic E-state index is 11.4. The monoisotopic (exact) mass is 280 g/mol. The third-order valence-corrected chi connectivity index (χ3v) is 2.45. The number of halogens is 1. The largest absolute Gasteiger partial charge is 0.462 e. The highest BCUT2D eigenvalue weighted by atomic mass is 35.5. The van der Waals surface area contributed by atoms with E-state index in [9.17, 15) is 14.9 Å². The summed E-state index contributed by atoms with van der Waals surface area (Å²) in [6, 6.07) is 5.41. The molecule has 1 aromatic rings. The minimum atomic E-state index is -0.799. The van der Waals surface area contributed by atoms with Crippen LogP contribution in [0.15, 0.2) is 23.8 Å². The number of benzene rings is 1. The van der Waals surface area contributed by atoms with Gasteiger partial charge in [0.2, 0.25) is 0 Å². The van der Waals surface area contributed by atoms with E-state index in [0.29, 0.717) is 0 Å². The molecule has 0 aromatic heterocycles. The van der Waals surface area contributed by atoms with Crippen molar-refractivity contribution in [2.45, 2.75) is 6.92 Å². The van der Waals surface area contributed by atoms with Gasteiger partial charge in [0.05, 0.1) is 11.5 Å². The molecule has 0 unspecified atom stereocenters. The van der Waals surface area contributed by atoms with Crippen LogP contribution in [0.2, 0.25) is 5.02 Å². The molecule has 0 spiro atoms. The molecule has 0 bridgehead atoms. The minimum absolute atomic E-state index is 0.126. The highest BCUT2D eigenvalue weighted by Gasteiger charge is 2.13. The van der Waals surface area contributed by atoms with Crippen molar-refractivity contribution >= 4 is 29.3 Å². The molecule has 0 amide bonds. The van der Waals surface area contributed by atoms with Crippen LogP contribution in [0, 0.1) is 21.4 Å². The third-order valence-electron chi connectivity index (χ3n) is 2.11. The van der Waals surface area contributed by atoms with E-state index >= 15 is 0 Å². The van der Waals surface area contributed by atoms with Gasteiger partial charge < -0.3 is 4.74 Å². The molecule has 19 heavy (non-hydrogen) atoms. The summed E-state index contributed by atoms with van der Waals surface area (Å²) in [4.78, 5) is 21.5. The van der Waals surface area contributed by atoms with Crippen molar-refractivity contribution in [1.82, 2.24) is 0 Å². The molecule has 0 N–H and O–H groups in total. The molecule has 0 fully saturated rings.